The number of hydrogen-bond acceptors (Lipinski definition) is 3. The zero-order chi connectivity index (χ0) is 16.4. The molecule has 0 atom stereocenters. The second-order valence-corrected chi connectivity index (χ2v) is 6.65. The summed E-state index contributed by atoms with van der Waals surface area (Å²) in [6.45, 7) is 2.20. The number of aryl methyl sites for hydroxylation is 1. The molecule has 4 rings (SSSR count). The summed E-state index contributed by atoms with van der Waals surface area (Å²) in [6, 6.07) is 19.0. The van der Waals surface area contributed by atoms with Gasteiger partial charge in [-0.25, -0.2) is 9.50 Å². The van der Waals surface area contributed by atoms with Gasteiger partial charge in [0.2, 0.25) is 0 Å². The molecule has 0 spiro atoms. The molecule has 118 valence electrons. The molecule has 0 N–H and O–H groups in total. The van der Waals surface area contributed by atoms with Crippen LogP contribution >= 0.6 is 11.8 Å². The van der Waals surface area contributed by atoms with Crippen LogP contribution in [0.15, 0.2) is 83.0 Å². The summed E-state index contributed by atoms with van der Waals surface area (Å²) in [5.74, 6) is 0. The fourth-order valence-electron chi connectivity index (χ4n) is 2.77. The van der Waals surface area contributed by atoms with Gasteiger partial charge >= 0.3 is 0 Å². The highest BCUT2D eigenvalue weighted by Crippen LogP contribution is 2.34. The van der Waals surface area contributed by atoms with E-state index in [1.807, 2.05) is 40.8 Å². The molecular weight excluding hydrogens is 314 g/mol. The van der Waals surface area contributed by atoms with Crippen molar-refractivity contribution in [2.24, 2.45) is 0 Å². The van der Waals surface area contributed by atoms with Crippen molar-refractivity contribution in [1.82, 2.24) is 14.6 Å². The van der Waals surface area contributed by atoms with Crippen LogP contribution in [-0.4, -0.2) is 14.6 Å². The van der Waals surface area contributed by atoms with Gasteiger partial charge in [-0.2, -0.15) is 5.10 Å². The average molecular weight is 331 g/mol. The lowest BCUT2D eigenvalue weighted by Crippen LogP contribution is -1.90. The van der Waals surface area contributed by atoms with E-state index in [0.29, 0.717) is 0 Å². The van der Waals surface area contributed by atoms with Crippen molar-refractivity contribution in [3.05, 3.63) is 78.8 Å². The molecule has 2 heterocycles. The van der Waals surface area contributed by atoms with Gasteiger partial charge in [-0.15, -0.1) is 0 Å². The molecule has 0 unspecified atom stereocenters. The Morgan fingerprint density at radius 3 is 2.75 bits per heavy atom. The maximum Gasteiger partial charge on any atom is 0.162 e. The molecule has 0 radical (unpaired) electrons. The second kappa shape index (κ2) is 6.49. The van der Waals surface area contributed by atoms with Crippen molar-refractivity contribution in [2.45, 2.75) is 23.1 Å². The summed E-state index contributed by atoms with van der Waals surface area (Å²) in [5, 5.41) is 4.39. The Labute approximate surface area is 145 Å². The van der Waals surface area contributed by atoms with Gasteiger partial charge < -0.3 is 0 Å². The number of benzene rings is 2. The molecular formula is C20H17N3S. The minimum atomic E-state index is 0.892. The minimum absolute atomic E-state index is 0.892. The zero-order valence-corrected chi connectivity index (χ0v) is 14.2. The highest BCUT2D eigenvalue weighted by Gasteiger charge is 2.10. The predicted molar refractivity (Wildman–Crippen MR) is 98.4 cm³/mol. The smallest absolute Gasteiger partial charge is 0.162 e. The summed E-state index contributed by atoms with van der Waals surface area (Å²) < 4.78 is 1.81. The molecule has 3 nitrogen and oxygen atoms in total. The SMILES string of the molecule is CCc1cc(-c2cnn3cccnc23)ccc1Sc1ccccc1. The van der Waals surface area contributed by atoms with Crippen molar-refractivity contribution in [2.75, 3.05) is 0 Å². The van der Waals surface area contributed by atoms with E-state index in [4.69, 9.17) is 0 Å². The minimum Gasteiger partial charge on any atom is -0.236 e. The first-order chi connectivity index (χ1) is 11.8. The topological polar surface area (TPSA) is 30.2 Å². The normalized spacial score (nSPS) is 11.0. The summed E-state index contributed by atoms with van der Waals surface area (Å²) in [7, 11) is 0. The molecule has 0 aliphatic carbocycles. The number of fused-ring (bicyclic) bond motifs is 1. The molecule has 2 aromatic carbocycles. The van der Waals surface area contributed by atoms with Gasteiger partial charge in [-0.3, -0.25) is 0 Å². The quantitative estimate of drug-likeness (QED) is 0.520. The van der Waals surface area contributed by atoms with E-state index in [-0.39, 0.29) is 0 Å². The molecule has 0 saturated carbocycles. The molecule has 0 saturated heterocycles. The third-order valence-electron chi connectivity index (χ3n) is 4.00. The van der Waals surface area contributed by atoms with Gasteiger partial charge in [0, 0.05) is 27.7 Å². The Hall–Kier alpha value is -2.59. The van der Waals surface area contributed by atoms with E-state index in [0.717, 1.165) is 23.2 Å². The fraction of sp³-hybridized carbons (Fsp3) is 0.100. The molecule has 4 heteroatoms. The van der Waals surface area contributed by atoms with Crippen molar-refractivity contribution < 1.29 is 0 Å². The number of rotatable bonds is 4. The van der Waals surface area contributed by atoms with Crippen molar-refractivity contribution in [1.29, 1.82) is 0 Å². The van der Waals surface area contributed by atoms with Crippen LogP contribution in [-0.2, 0) is 6.42 Å². The number of aromatic nitrogens is 3. The number of nitrogens with zero attached hydrogens (tertiary/aromatic N) is 3. The molecule has 0 fully saturated rings. The van der Waals surface area contributed by atoms with Crippen LogP contribution in [0.25, 0.3) is 16.8 Å². The molecule has 0 aliphatic heterocycles. The van der Waals surface area contributed by atoms with Gasteiger partial charge in [0.25, 0.3) is 0 Å². The van der Waals surface area contributed by atoms with E-state index in [1.54, 1.807) is 6.20 Å². The van der Waals surface area contributed by atoms with Crippen LogP contribution in [0.3, 0.4) is 0 Å². The maximum atomic E-state index is 4.46. The van der Waals surface area contributed by atoms with Gasteiger partial charge in [-0.05, 0) is 47.9 Å². The summed E-state index contributed by atoms with van der Waals surface area (Å²) in [6.07, 6.45) is 6.61. The maximum absolute atomic E-state index is 4.46. The lowest BCUT2D eigenvalue weighted by molar-refractivity contribution is 0.939. The van der Waals surface area contributed by atoms with Gasteiger partial charge in [0.05, 0.1) is 6.20 Å². The van der Waals surface area contributed by atoms with Crippen LogP contribution in [0.5, 0.6) is 0 Å². The Morgan fingerprint density at radius 1 is 1.04 bits per heavy atom. The van der Waals surface area contributed by atoms with Gasteiger partial charge in [0.1, 0.15) is 0 Å². The Morgan fingerprint density at radius 2 is 1.92 bits per heavy atom. The van der Waals surface area contributed by atoms with Crippen LogP contribution in [0.1, 0.15) is 12.5 Å². The summed E-state index contributed by atoms with van der Waals surface area (Å²) >= 11 is 1.81. The first-order valence-electron chi connectivity index (χ1n) is 7.99. The molecule has 24 heavy (non-hydrogen) atoms. The lowest BCUT2D eigenvalue weighted by atomic mass is 10.0. The Kier molecular flexibility index (Phi) is 4.05. The highest BCUT2D eigenvalue weighted by molar-refractivity contribution is 7.99. The standard InChI is InChI=1S/C20H17N3S/c1-2-15-13-16(18-14-22-23-12-6-11-21-20(18)23)9-10-19(15)24-17-7-4-3-5-8-17/h3-14H,2H2,1H3. The van der Waals surface area contributed by atoms with Crippen molar-refractivity contribution in [3.63, 3.8) is 0 Å². The van der Waals surface area contributed by atoms with E-state index >= 15 is 0 Å². The molecule has 4 aromatic rings. The van der Waals surface area contributed by atoms with Crippen molar-refractivity contribution >= 4 is 17.4 Å². The second-order valence-electron chi connectivity index (χ2n) is 5.54. The van der Waals surface area contributed by atoms with E-state index in [2.05, 4.69) is 59.5 Å². The first-order valence-corrected chi connectivity index (χ1v) is 8.81. The third kappa shape index (κ3) is 2.81. The summed E-state index contributed by atoms with van der Waals surface area (Å²) in [4.78, 5) is 7.02. The van der Waals surface area contributed by atoms with Gasteiger partial charge in [-0.1, -0.05) is 43.0 Å². The molecule has 0 aliphatic rings. The van der Waals surface area contributed by atoms with Crippen LogP contribution < -0.4 is 0 Å². The van der Waals surface area contributed by atoms with Gasteiger partial charge in [0.15, 0.2) is 5.65 Å². The number of hydrogen-bond donors (Lipinski definition) is 0. The van der Waals surface area contributed by atoms with Crippen LogP contribution in [0.2, 0.25) is 0 Å². The fourth-order valence-corrected chi connectivity index (χ4v) is 3.79. The first kappa shape index (κ1) is 15.0. The van der Waals surface area contributed by atoms with Crippen LogP contribution in [0, 0.1) is 0 Å². The molecule has 0 amide bonds. The summed E-state index contributed by atoms with van der Waals surface area (Å²) in [5.41, 5.74) is 4.47. The van der Waals surface area contributed by atoms with Crippen LogP contribution in [0.4, 0.5) is 0 Å². The third-order valence-corrected chi connectivity index (χ3v) is 5.13. The average Bonchev–Trinajstić information content (AvgIpc) is 3.07. The lowest BCUT2D eigenvalue weighted by Gasteiger charge is -2.10. The highest BCUT2D eigenvalue weighted by atomic mass is 32.2. The van der Waals surface area contributed by atoms with Crippen molar-refractivity contribution in [3.8, 4) is 11.1 Å². The monoisotopic (exact) mass is 331 g/mol. The predicted octanol–water partition coefficient (Wildman–Crippen LogP) is 5.11. The Balaban J connectivity index is 1.74. The van der Waals surface area contributed by atoms with E-state index in [9.17, 15) is 0 Å². The largest absolute Gasteiger partial charge is 0.236 e. The van der Waals surface area contributed by atoms with E-state index < -0.39 is 0 Å². The molecule has 2 aromatic heterocycles. The zero-order valence-electron chi connectivity index (χ0n) is 13.4. The molecule has 0 bridgehead atoms. The van der Waals surface area contributed by atoms with E-state index in [1.165, 1.54) is 15.4 Å². The Bertz CT molecular complexity index is 977.